The molecule has 2 aromatic carbocycles. The molecule has 1 N–H and O–H groups in total. The Morgan fingerprint density at radius 3 is 2.39 bits per heavy atom. The van der Waals surface area contributed by atoms with E-state index in [9.17, 15) is 9.59 Å². The van der Waals surface area contributed by atoms with Crippen LogP contribution in [0.25, 0.3) is 0 Å². The lowest BCUT2D eigenvalue weighted by atomic mass is 10.0. The Bertz CT molecular complexity index is 698. The highest BCUT2D eigenvalue weighted by Gasteiger charge is 2.23. The van der Waals surface area contributed by atoms with Crippen molar-refractivity contribution in [3.05, 3.63) is 70.2 Å². The zero-order valence-electron chi connectivity index (χ0n) is 13.0. The number of halogens is 1. The van der Waals surface area contributed by atoms with Crippen molar-refractivity contribution in [2.24, 2.45) is 0 Å². The molecule has 0 radical (unpaired) electrons. The van der Waals surface area contributed by atoms with E-state index in [2.05, 4.69) is 5.32 Å². The molecule has 0 unspecified atom stereocenters. The third-order valence-corrected chi connectivity index (χ3v) is 3.83. The maximum Gasteiger partial charge on any atom is 0.328 e. The van der Waals surface area contributed by atoms with Gasteiger partial charge in [-0.1, -0.05) is 35.9 Å². The molecule has 0 aliphatic rings. The molecule has 2 aromatic rings. The highest BCUT2D eigenvalue weighted by atomic mass is 35.5. The van der Waals surface area contributed by atoms with Gasteiger partial charge in [-0.15, -0.1) is 0 Å². The Morgan fingerprint density at radius 1 is 1.13 bits per heavy atom. The summed E-state index contributed by atoms with van der Waals surface area (Å²) in [6.45, 7) is 1.96. The first-order valence-corrected chi connectivity index (χ1v) is 7.58. The normalized spacial score (nSPS) is 11.6. The topological polar surface area (TPSA) is 55.4 Å². The summed E-state index contributed by atoms with van der Waals surface area (Å²) in [6, 6.07) is 13.5. The van der Waals surface area contributed by atoms with Crippen LogP contribution in [0.3, 0.4) is 0 Å². The molecule has 120 valence electrons. The molecular formula is C18H18ClNO3. The van der Waals surface area contributed by atoms with Gasteiger partial charge in [0, 0.05) is 17.0 Å². The molecule has 4 nitrogen and oxygen atoms in total. The van der Waals surface area contributed by atoms with Crippen LogP contribution in [-0.2, 0) is 16.0 Å². The second kappa shape index (κ2) is 7.79. The first-order chi connectivity index (χ1) is 11.0. The van der Waals surface area contributed by atoms with E-state index in [1.54, 1.807) is 24.3 Å². The quantitative estimate of drug-likeness (QED) is 0.856. The molecule has 0 spiro atoms. The van der Waals surface area contributed by atoms with Crippen molar-refractivity contribution in [1.82, 2.24) is 5.32 Å². The van der Waals surface area contributed by atoms with Crippen LogP contribution in [0.5, 0.6) is 0 Å². The predicted octanol–water partition coefficient (Wildman–Crippen LogP) is 3.16. The largest absolute Gasteiger partial charge is 0.467 e. The van der Waals surface area contributed by atoms with Crippen molar-refractivity contribution in [3.63, 3.8) is 0 Å². The molecule has 0 fully saturated rings. The number of methoxy groups -OCH3 is 1. The van der Waals surface area contributed by atoms with Crippen LogP contribution >= 0.6 is 11.6 Å². The molecule has 0 aliphatic heterocycles. The number of hydrogen-bond donors (Lipinski definition) is 1. The SMILES string of the molecule is COC(=O)[C@@H](Cc1ccccc1C)NC(=O)c1ccc(Cl)cc1. The van der Waals surface area contributed by atoms with E-state index in [0.717, 1.165) is 11.1 Å². The van der Waals surface area contributed by atoms with Gasteiger partial charge >= 0.3 is 5.97 Å². The van der Waals surface area contributed by atoms with E-state index in [-0.39, 0.29) is 5.91 Å². The summed E-state index contributed by atoms with van der Waals surface area (Å²) in [5.41, 5.74) is 2.48. The maximum absolute atomic E-state index is 12.3. The number of amides is 1. The zero-order chi connectivity index (χ0) is 16.8. The summed E-state index contributed by atoms with van der Waals surface area (Å²) in [5, 5.41) is 3.27. The van der Waals surface area contributed by atoms with Gasteiger partial charge in [-0.3, -0.25) is 4.79 Å². The molecule has 23 heavy (non-hydrogen) atoms. The summed E-state index contributed by atoms with van der Waals surface area (Å²) in [6.07, 6.45) is 0.374. The fourth-order valence-corrected chi connectivity index (χ4v) is 2.36. The Morgan fingerprint density at radius 2 is 1.78 bits per heavy atom. The minimum atomic E-state index is -0.746. The van der Waals surface area contributed by atoms with E-state index >= 15 is 0 Å². The number of hydrogen-bond acceptors (Lipinski definition) is 3. The third kappa shape index (κ3) is 4.57. The summed E-state index contributed by atoms with van der Waals surface area (Å²) >= 11 is 5.81. The molecule has 0 heterocycles. The van der Waals surface area contributed by atoms with E-state index in [1.165, 1.54) is 7.11 Å². The minimum absolute atomic E-state index is 0.342. The zero-order valence-corrected chi connectivity index (χ0v) is 13.8. The highest BCUT2D eigenvalue weighted by Crippen LogP contribution is 2.13. The van der Waals surface area contributed by atoms with Crippen molar-refractivity contribution >= 4 is 23.5 Å². The number of carbonyl (C=O) groups excluding carboxylic acids is 2. The number of rotatable bonds is 5. The van der Waals surface area contributed by atoms with Crippen molar-refractivity contribution < 1.29 is 14.3 Å². The van der Waals surface area contributed by atoms with Crippen LogP contribution < -0.4 is 5.32 Å². The fourth-order valence-electron chi connectivity index (χ4n) is 2.24. The number of nitrogens with one attached hydrogen (secondary N) is 1. The molecule has 0 saturated carbocycles. The summed E-state index contributed by atoms with van der Waals surface area (Å²) < 4.78 is 4.81. The molecule has 2 rings (SSSR count). The van der Waals surface area contributed by atoms with Gasteiger partial charge in [0.15, 0.2) is 0 Å². The lowest BCUT2D eigenvalue weighted by Gasteiger charge is -2.17. The monoisotopic (exact) mass is 331 g/mol. The van der Waals surface area contributed by atoms with Crippen molar-refractivity contribution in [2.45, 2.75) is 19.4 Å². The summed E-state index contributed by atoms with van der Waals surface area (Å²) in [5.74, 6) is -0.818. The van der Waals surface area contributed by atoms with Crippen LogP contribution in [-0.4, -0.2) is 25.0 Å². The van der Waals surface area contributed by atoms with E-state index < -0.39 is 12.0 Å². The fraction of sp³-hybridized carbons (Fsp3) is 0.222. The molecule has 0 aliphatic carbocycles. The Hall–Kier alpha value is -2.33. The lowest BCUT2D eigenvalue weighted by molar-refractivity contribution is -0.142. The van der Waals surface area contributed by atoms with Gasteiger partial charge in [-0.2, -0.15) is 0 Å². The van der Waals surface area contributed by atoms with Crippen LogP contribution in [0.4, 0.5) is 0 Å². The lowest BCUT2D eigenvalue weighted by Crippen LogP contribution is -2.43. The minimum Gasteiger partial charge on any atom is -0.467 e. The van der Waals surface area contributed by atoms with Gasteiger partial charge in [0.25, 0.3) is 5.91 Å². The smallest absolute Gasteiger partial charge is 0.328 e. The van der Waals surface area contributed by atoms with Crippen LogP contribution in [0.2, 0.25) is 5.02 Å². The number of benzene rings is 2. The Kier molecular flexibility index (Phi) is 5.77. The van der Waals surface area contributed by atoms with Crippen LogP contribution in [0.1, 0.15) is 21.5 Å². The summed E-state index contributed by atoms with van der Waals surface area (Å²) in [4.78, 5) is 24.3. The Balaban J connectivity index is 2.16. The van der Waals surface area contributed by atoms with Gasteiger partial charge < -0.3 is 10.1 Å². The van der Waals surface area contributed by atoms with Gasteiger partial charge in [0.05, 0.1) is 7.11 Å². The maximum atomic E-state index is 12.3. The van der Waals surface area contributed by atoms with E-state index in [1.807, 2.05) is 31.2 Å². The number of carbonyl (C=O) groups is 2. The number of aryl methyl sites for hydroxylation is 1. The molecule has 0 saturated heterocycles. The Labute approximate surface area is 140 Å². The number of esters is 1. The highest BCUT2D eigenvalue weighted by molar-refractivity contribution is 6.30. The third-order valence-electron chi connectivity index (χ3n) is 3.58. The average Bonchev–Trinajstić information content (AvgIpc) is 2.56. The average molecular weight is 332 g/mol. The van der Waals surface area contributed by atoms with Gasteiger partial charge in [0.2, 0.25) is 0 Å². The van der Waals surface area contributed by atoms with Gasteiger partial charge in [-0.25, -0.2) is 4.79 Å². The molecular weight excluding hydrogens is 314 g/mol. The second-order valence-corrected chi connectivity index (χ2v) is 5.62. The molecule has 1 atom stereocenters. The molecule has 0 bridgehead atoms. The standard InChI is InChI=1S/C18H18ClNO3/c1-12-5-3-4-6-14(12)11-16(18(22)23-2)20-17(21)13-7-9-15(19)10-8-13/h3-10,16H,11H2,1-2H3,(H,20,21)/t16-/m1/s1. The van der Waals surface area contributed by atoms with Crippen LogP contribution in [0, 0.1) is 6.92 Å². The molecule has 1 amide bonds. The van der Waals surface area contributed by atoms with E-state index in [4.69, 9.17) is 16.3 Å². The summed E-state index contributed by atoms with van der Waals surface area (Å²) in [7, 11) is 1.31. The van der Waals surface area contributed by atoms with Crippen LogP contribution in [0.15, 0.2) is 48.5 Å². The van der Waals surface area contributed by atoms with Gasteiger partial charge in [-0.05, 0) is 42.3 Å². The first-order valence-electron chi connectivity index (χ1n) is 7.20. The molecule has 5 heteroatoms. The van der Waals surface area contributed by atoms with Crippen molar-refractivity contribution in [2.75, 3.05) is 7.11 Å². The van der Waals surface area contributed by atoms with Crippen molar-refractivity contribution in [3.8, 4) is 0 Å². The predicted molar refractivity (Wildman–Crippen MR) is 89.6 cm³/mol. The second-order valence-electron chi connectivity index (χ2n) is 5.19. The van der Waals surface area contributed by atoms with Gasteiger partial charge in [0.1, 0.15) is 6.04 Å². The molecule has 0 aromatic heterocycles. The first kappa shape index (κ1) is 17.0. The number of ether oxygens (including phenoxy) is 1. The van der Waals surface area contributed by atoms with Crippen molar-refractivity contribution in [1.29, 1.82) is 0 Å². The van der Waals surface area contributed by atoms with E-state index in [0.29, 0.717) is 17.0 Å².